The molecule has 0 spiro atoms. The van der Waals surface area contributed by atoms with E-state index in [0.29, 0.717) is 17.4 Å². The molecule has 0 radical (unpaired) electrons. The van der Waals surface area contributed by atoms with Gasteiger partial charge in [-0.3, -0.25) is 9.52 Å². The third kappa shape index (κ3) is 5.99. The maximum atomic E-state index is 12.6. The van der Waals surface area contributed by atoms with E-state index in [0.717, 1.165) is 5.56 Å². The van der Waals surface area contributed by atoms with Crippen LogP contribution in [0.4, 0.5) is 5.69 Å². The Labute approximate surface area is 167 Å². The lowest BCUT2D eigenvalue weighted by Crippen LogP contribution is -2.40. The molecule has 2 N–H and O–H groups in total. The molecule has 0 saturated carbocycles. The molecule has 28 heavy (non-hydrogen) atoms. The normalized spacial score (nSPS) is 12.7. The molecule has 6 nitrogen and oxygen atoms in total. The molecule has 0 fully saturated rings. The van der Waals surface area contributed by atoms with Gasteiger partial charge in [0.1, 0.15) is 5.75 Å². The molecule has 7 heteroatoms. The number of hydrogen-bond acceptors (Lipinski definition) is 4. The molecule has 1 atom stereocenters. The van der Waals surface area contributed by atoms with E-state index in [4.69, 9.17) is 4.74 Å². The lowest BCUT2D eigenvalue weighted by Gasteiger charge is -2.16. The van der Waals surface area contributed by atoms with Crippen LogP contribution >= 0.6 is 0 Å². The average molecular weight is 405 g/mol. The van der Waals surface area contributed by atoms with E-state index < -0.39 is 16.1 Å². The Morgan fingerprint density at radius 2 is 1.46 bits per heavy atom. The lowest BCUT2D eigenvalue weighted by atomic mass is 10.0. The lowest BCUT2D eigenvalue weighted by molar-refractivity contribution is -0.127. The Hall–Kier alpha value is -2.54. The van der Waals surface area contributed by atoms with E-state index in [1.807, 2.05) is 26.0 Å². The molecule has 1 amide bonds. The minimum Gasteiger partial charge on any atom is -0.481 e. The van der Waals surface area contributed by atoms with Crippen molar-refractivity contribution in [3.05, 3.63) is 54.1 Å². The van der Waals surface area contributed by atoms with Crippen LogP contribution in [0.2, 0.25) is 0 Å². The highest BCUT2D eigenvalue weighted by molar-refractivity contribution is 7.92. The minimum atomic E-state index is -3.71. The Balaban J connectivity index is 2.05. The highest BCUT2D eigenvalue weighted by Crippen LogP contribution is 2.22. The highest BCUT2D eigenvalue weighted by Gasteiger charge is 2.17. The number of anilines is 1. The van der Waals surface area contributed by atoms with Crippen LogP contribution in [-0.4, -0.2) is 26.5 Å². The Bertz CT molecular complexity index is 889. The largest absolute Gasteiger partial charge is 0.481 e. The van der Waals surface area contributed by atoms with Crippen LogP contribution in [0.5, 0.6) is 5.75 Å². The van der Waals surface area contributed by atoms with Crippen molar-refractivity contribution in [1.82, 2.24) is 5.32 Å². The monoisotopic (exact) mass is 404 g/mol. The van der Waals surface area contributed by atoms with Crippen molar-refractivity contribution in [3.8, 4) is 5.75 Å². The van der Waals surface area contributed by atoms with E-state index in [1.165, 1.54) is 24.3 Å². The van der Waals surface area contributed by atoms with Crippen molar-refractivity contribution in [3.63, 3.8) is 0 Å². The third-order valence-corrected chi connectivity index (χ3v) is 5.47. The van der Waals surface area contributed by atoms with Gasteiger partial charge < -0.3 is 10.1 Å². The molecule has 0 aromatic heterocycles. The van der Waals surface area contributed by atoms with E-state index in [1.54, 1.807) is 19.1 Å². The van der Waals surface area contributed by atoms with Gasteiger partial charge in [-0.1, -0.05) is 26.0 Å². The number of amides is 1. The second kappa shape index (κ2) is 9.10. The van der Waals surface area contributed by atoms with Gasteiger partial charge in [-0.05, 0) is 68.7 Å². The summed E-state index contributed by atoms with van der Waals surface area (Å²) in [6, 6.07) is 13.3. The summed E-state index contributed by atoms with van der Waals surface area (Å²) in [5, 5.41) is 2.77. The Kier molecular flexibility index (Phi) is 7.07. The van der Waals surface area contributed by atoms with Crippen LogP contribution < -0.4 is 14.8 Å². The number of nitrogens with one attached hydrogen (secondary N) is 2. The number of ether oxygens (including phenoxy) is 1. The number of hydrogen-bond donors (Lipinski definition) is 2. The molecular formula is C21H28N2O4S. The van der Waals surface area contributed by atoms with Crippen LogP contribution in [0.1, 0.15) is 46.1 Å². The summed E-state index contributed by atoms with van der Waals surface area (Å²) in [4.78, 5) is 12.0. The van der Waals surface area contributed by atoms with Crippen LogP contribution in [0.25, 0.3) is 0 Å². The summed E-state index contributed by atoms with van der Waals surface area (Å²) >= 11 is 0. The van der Waals surface area contributed by atoms with Crippen molar-refractivity contribution in [2.45, 2.75) is 57.6 Å². The van der Waals surface area contributed by atoms with E-state index in [9.17, 15) is 13.2 Å². The summed E-state index contributed by atoms with van der Waals surface area (Å²) in [6.45, 7) is 9.54. The average Bonchev–Trinajstić information content (AvgIpc) is 2.61. The van der Waals surface area contributed by atoms with Gasteiger partial charge in [0.15, 0.2) is 6.10 Å². The van der Waals surface area contributed by atoms with Gasteiger partial charge in [0.2, 0.25) is 0 Å². The molecule has 2 rings (SSSR count). The fraction of sp³-hybridized carbons (Fsp3) is 0.381. The van der Waals surface area contributed by atoms with Gasteiger partial charge >= 0.3 is 0 Å². The Morgan fingerprint density at radius 1 is 0.893 bits per heavy atom. The van der Waals surface area contributed by atoms with Gasteiger partial charge in [0.05, 0.1) is 4.90 Å². The maximum Gasteiger partial charge on any atom is 0.261 e. The zero-order chi connectivity index (χ0) is 20.9. The first-order valence-corrected chi connectivity index (χ1v) is 10.8. The second-order valence-corrected chi connectivity index (χ2v) is 8.96. The molecule has 2 aromatic carbocycles. The van der Waals surface area contributed by atoms with Gasteiger partial charge in [-0.25, -0.2) is 8.42 Å². The Morgan fingerprint density at radius 3 is 1.96 bits per heavy atom. The van der Waals surface area contributed by atoms with Gasteiger partial charge in [0.25, 0.3) is 15.9 Å². The van der Waals surface area contributed by atoms with Crippen molar-refractivity contribution in [2.75, 3.05) is 4.72 Å². The predicted octanol–water partition coefficient (Wildman–Crippen LogP) is 3.90. The van der Waals surface area contributed by atoms with Gasteiger partial charge in [-0.2, -0.15) is 0 Å². The highest BCUT2D eigenvalue weighted by atomic mass is 32.2. The number of benzene rings is 2. The summed E-state index contributed by atoms with van der Waals surface area (Å²) in [6.07, 6.45) is -0.678. The number of sulfonamides is 1. The second-order valence-electron chi connectivity index (χ2n) is 7.28. The van der Waals surface area contributed by atoms with Crippen molar-refractivity contribution < 1.29 is 17.9 Å². The first-order chi connectivity index (χ1) is 13.1. The van der Waals surface area contributed by atoms with E-state index in [2.05, 4.69) is 23.9 Å². The first-order valence-electron chi connectivity index (χ1n) is 9.28. The number of rotatable bonds is 8. The minimum absolute atomic E-state index is 0.0201. The fourth-order valence-corrected chi connectivity index (χ4v) is 3.57. The third-order valence-electron chi connectivity index (χ3n) is 4.08. The van der Waals surface area contributed by atoms with Crippen molar-refractivity contribution in [2.24, 2.45) is 0 Å². The number of carbonyl (C=O) groups is 1. The molecular weight excluding hydrogens is 376 g/mol. The summed E-state index contributed by atoms with van der Waals surface area (Å²) in [5.41, 5.74) is 1.64. The topological polar surface area (TPSA) is 84.5 Å². The molecule has 0 aliphatic rings. The zero-order valence-corrected chi connectivity index (χ0v) is 17.7. The smallest absolute Gasteiger partial charge is 0.261 e. The zero-order valence-electron chi connectivity index (χ0n) is 16.9. The molecule has 0 heterocycles. The van der Waals surface area contributed by atoms with Gasteiger partial charge in [0, 0.05) is 11.7 Å². The van der Waals surface area contributed by atoms with E-state index in [-0.39, 0.29) is 16.8 Å². The summed E-state index contributed by atoms with van der Waals surface area (Å²) < 4.78 is 33.3. The molecule has 0 unspecified atom stereocenters. The van der Waals surface area contributed by atoms with Crippen molar-refractivity contribution >= 4 is 21.6 Å². The van der Waals surface area contributed by atoms with Crippen LogP contribution in [0.3, 0.4) is 0 Å². The van der Waals surface area contributed by atoms with Gasteiger partial charge in [-0.15, -0.1) is 0 Å². The number of carbonyl (C=O) groups excluding carboxylic acids is 1. The van der Waals surface area contributed by atoms with Crippen LogP contribution in [-0.2, 0) is 14.8 Å². The molecule has 152 valence electrons. The van der Waals surface area contributed by atoms with Crippen LogP contribution in [0, 0.1) is 0 Å². The first kappa shape index (κ1) is 21.8. The summed E-state index contributed by atoms with van der Waals surface area (Å²) in [7, 11) is -3.71. The maximum absolute atomic E-state index is 12.6. The molecule has 0 bridgehead atoms. The standard InChI is InChI=1S/C21H28N2O4S/c1-14(2)17-6-8-18(9-7-17)23-28(25,26)20-12-10-19(11-13-20)27-16(5)21(24)22-15(3)4/h6-16,23H,1-5H3,(H,22,24)/t16-/m0/s1. The molecule has 2 aromatic rings. The van der Waals surface area contributed by atoms with Crippen LogP contribution in [0.15, 0.2) is 53.4 Å². The van der Waals surface area contributed by atoms with Crippen molar-refractivity contribution in [1.29, 1.82) is 0 Å². The quantitative estimate of drug-likeness (QED) is 0.699. The SMILES string of the molecule is CC(C)NC(=O)[C@H](C)Oc1ccc(S(=O)(=O)Nc2ccc(C(C)C)cc2)cc1. The molecule has 0 aliphatic carbocycles. The molecule has 0 saturated heterocycles. The molecule has 0 aliphatic heterocycles. The van der Waals surface area contributed by atoms with E-state index >= 15 is 0 Å². The summed E-state index contributed by atoms with van der Waals surface area (Å²) in [5.74, 6) is 0.577. The fourth-order valence-electron chi connectivity index (χ4n) is 2.51. The predicted molar refractivity (Wildman–Crippen MR) is 111 cm³/mol.